The van der Waals surface area contributed by atoms with Crippen LogP contribution in [0.3, 0.4) is 0 Å². The quantitative estimate of drug-likeness (QED) is 0.910. The van der Waals surface area contributed by atoms with Gasteiger partial charge in [-0.3, -0.25) is 9.82 Å². The minimum atomic E-state index is -3.58. The summed E-state index contributed by atoms with van der Waals surface area (Å²) in [4.78, 5) is 0.185. The zero-order chi connectivity index (χ0) is 11.6. The zero-order valence-corrected chi connectivity index (χ0v) is 10.4. The molecule has 0 atom stereocenters. The Morgan fingerprint density at radius 2 is 2.00 bits per heavy atom. The number of sulfonamides is 1. The molecule has 0 aliphatic rings. The molecule has 0 saturated carbocycles. The molecule has 7 heteroatoms. The Kier molecular flexibility index (Phi) is 2.97. The highest BCUT2D eigenvalue weighted by Crippen LogP contribution is 2.22. The van der Waals surface area contributed by atoms with Gasteiger partial charge in [0.25, 0.3) is 10.0 Å². The van der Waals surface area contributed by atoms with Crippen molar-refractivity contribution < 1.29 is 8.42 Å². The van der Waals surface area contributed by atoms with Gasteiger partial charge in [0.15, 0.2) is 0 Å². The lowest BCUT2D eigenvalue weighted by Gasteiger charge is -2.07. The van der Waals surface area contributed by atoms with E-state index in [1.807, 2.05) is 0 Å². The van der Waals surface area contributed by atoms with E-state index in [0.717, 1.165) is 0 Å². The minimum Gasteiger partial charge on any atom is -0.264 e. The summed E-state index contributed by atoms with van der Waals surface area (Å²) in [6.07, 6.45) is 1.47. The second kappa shape index (κ2) is 4.26. The summed E-state index contributed by atoms with van der Waals surface area (Å²) in [6.45, 7) is 0. The van der Waals surface area contributed by atoms with E-state index in [9.17, 15) is 8.42 Å². The first-order chi connectivity index (χ1) is 7.59. The molecule has 0 spiro atoms. The normalized spacial score (nSPS) is 11.3. The summed E-state index contributed by atoms with van der Waals surface area (Å²) in [7, 11) is -3.58. The molecule has 0 aliphatic heterocycles. The van der Waals surface area contributed by atoms with Crippen LogP contribution in [0, 0.1) is 0 Å². The summed E-state index contributed by atoms with van der Waals surface area (Å²) in [5, 5.41) is 6.19. The molecule has 1 heterocycles. The molecule has 0 aliphatic carbocycles. The first kappa shape index (κ1) is 11.2. The molecule has 2 aromatic rings. The fourth-order valence-electron chi connectivity index (χ4n) is 1.18. The van der Waals surface area contributed by atoms with Gasteiger partial charge in [-0.25, -0.2) is 8.42 Å². The van der Waals surface area contributed by atoms with Crippen molar-refractivity contribution in [2.24, 2.45) is 0 Å². The molecule has 0 unspecified atom stereocenters. The second-order valence-corrected chi connectivity index (χ2v) is 5.51. The fourth-order valence-corrected chi connectivity index (χ4v) is 3.19. The van der Waals surface area contributed by atoms with Gasteiger partial charge in [-0.15, -0.1) is 0 Å². The van der Waals surface area contributed by atoms with Crippen LogP contribution in [-0.4, -0.2) is 18.6 Å². The Hall–Kier alpha value is -1.34. The van der Waals surface area contributed by atoms with Crippen molar-refractivity contribution in [2.45, 2.75) is 4.90 Å². The maximum Gasteiger partial charge on any atom is 0.264 e. The third kappa shape index (κ3) is 2.25. The molecule has 1 aromatic carbocycles. The number of halogens is 1. The monoisotopic (exact) mass is 301 g/mol. The van der Waals surface area contributed by atoms with Crippen LogP contribution in [0.15, 0.2) is 45.9 Å². The van der Waals surface area contributed by atoms with Gasteiger partial charge in [-0.2, -0.15) is 5.10 Å². The van der Waals surface area contributed by atoms with Crippen LogP contribution >= 0.6 is 15.9 Å². The van der Waals surface area contributed by atoms with Crippen LogP contribution in [0.1, 0.15) is 0 Å². The molecule has 84 valence electrons. The number of hydrogen-bond acceptors (Lipinski definition) is 3. The standard InChI is InChI=1S/C9H8BrN3O2S/c10-7-3-1-2-4-8(7)16(14,15)13-9-5-6-11-12-9/h1-6H,(H2,11,12,13). The van der Waals surface area contributed by atoms with E-state index >= 15 is 0 Å². The highest BCUT2D eigenvalue weighted by molar-refractivity contribution is 9.10. The number of nitrogens with zero attached hydrogens (tertiary/aromatic N) is 1. The largest absolute Gasteiger partial charge is 0.264 e. The first-order valence-electron chi connectivity index (χ1n) is 4.36. The Morgan fingerprint density at radius 3 is 2.62 bits per heavy atom. The van der Waals surface area contributed by atoms with E-state index in [-0.39, 0.29) is 4.90 Å². The summed E-state index contributed by atoms with van der Waals surface area (Å²) in [6, 6.07) is 8.13. The summed E-state index contributed by atoms with van der Waals surface area (Å²) in [5.41, 5.74) is 0. The Morgan fingerprint density at radius 1 is 1.25 bits per heavy atom. The molecule has 0 amide bonds. The van der Waals surface area contributed by atoms with Crippen LogP contribution in [0.25, 0.3) is 0 Å². The molecule has 0 radical (unpaired) electrons. The molecule has 1 aromatic heterocycles. The van der Waals surface area contributed by atoms with E-state index in [1.165, 1.54) is 18.3 Å². The lowest BCUT2D eigenvalue weighted by molar-refractivity contribution is 0.600. The number of nitrogens with one attached hydrogen (secondary N) is 2. The van der Waals surface area contributed by atoms with Crippen LogP contribution in [0.2, 0.25) is 0 Å². The van der Waals surface area contributed by atoms with Crippen molar-refractivity contribution in [3.05, 3.63) is 41.0 Å². The van der Waals surface area contributed by atoms with E-state index in [0.29, 0.717) is 10.3 Å². The van der Waals surface area contributed by atoms with Crippen LogP contribution < -0.4 is 4.72 Å². The third-order valence-electron chi connectivity index (χ3n) is 1.87. The van der Waals surface area contributed by atoms with Gasteiger partial charge >= 0.3 is 0 Å². The van der Waals surface area contributed by atoms with Gasteiger partial charge in [0.1, 0.15) is 10.7 Å². The smallest absolute Gasteiger partial charge is 0.264 e. The molecule has 0 saturated heterocycles. The third-order valence-corrected chi connectivity index (χ3v) is 4.25. The van der Waals surface area contributed by atoms with Crippen molar-refractivity contribution in [3.63, 3.8) is 0 Å². The molecular weight excluding hydrogens is 294 g/mol. The summed E-state index contributed by atoms with van der Waals surface area (Å²) < 4.78 is 26.8. The van der Waals surface area contributed by atoms with Crippen molar-refractivity contribution >= 4 is 31.8 Å². The lowest BCUT2D eigenvalue weighted by Crippen LogP contribution is -2.13. The highest BCUT2D eigenvalue weighted by atomic mass is 79.9. The van der Waals surface area contributed by atoms with Crippen molar-refractivity contribution in [2.75, 3.05) is 4.72 Å². The van der Waals surface area contributed by atoms with Crippen LogP contribution in [-0.2, 0) is 10.0 Å². The minimum absolute atomic E-state index is 0.185. The van der Waals surface area contributed by atoms with E-state index < -0.39 is 10.0 Å². The number of hydrogen-bond donors (Lipinski definition) is 2. The number of aromatic amines is 1. The average Bonchev–Trinajstić information content (AvgIpc) is 2.70. The van der Waals surface area contributed by atoms with Crippen molar-refractivity contribution in [3.8, 4) is 0 Å². The Labute approximate surface area is 101 Å². The SMILES string of the molecule is O=S(=O)(Nc1ccn[nH]1)c1ccccc1Br. The molecule has 2 rings (SSSR count). The number of aromatic nitrogens is 2. The highest BCUT2D eigenvalue weighted by Gasteiger charge is 2.17. The fraction of sp³-hybridized carbons (Fsp3) is 0. The molecule has 16 heavy (non-hydrogen) atoms. The average molecular weight is 302 g/mol. The molecule has 5 nitrogen and oxygen atoms in total. The van der Waals surface area contributed by atoms with Crippen LogP contribution in [0.5, 0.6) is 0 Å². The maximum atomic E-state index is 11.9. The number of rotatable bonds is 3. The topological polar surface area (TPSA) is 74.8 Å². The molecule has 0 fully saturated rings. The Bertz CT molecular complexity index is 581. The predicted octanol–water partition coefficient (Wildman–Crippen LogP) is 1.97. The van der Waals surface area contributed by atoms with E-state index in [4.69, 9.17) is 0 Å². The number of anilines is 1. The van der Waals surface area contributed by atoms with Crippen molar-refractivity contribution in [1.82, 2.24) is 10.2 Å². The van der Waals surface area contributed by atoms with Gasteiger partial charge in [0.05, 0.1) is 6.20 Å². The van der Waals surface area contributed by atoms with Gasteiger partial charge in [0.2, 0.25) is 0 Å². The maximum absolute atomic E-state index is 11.9. The van der Waals surface area contributed by atoms with E-state index in [2.05, 4.69) is 30.8 Å². The molecule has 2 N–H and O–H groups in total. The number of H-pyrrole nitrogens is 1. The van der Waals surface area contributed by atoms with Gasteiger partial charge in [-0.05, 0) is 28.1 Å². The zero-order valence-electron chi connectivity index (χ0n) is 8.01. The molecular formula is C9H8BrN3O2S. The number of benzene rings is 1. The van der Waals surface area contributed by atoms with Gasteiger partial charge < -0.3 is 0 Å². The second-order valence-electron chi connectivity index (χ2n) is 3.01. The lowest BCUT2D eigenvalue weighted by atomic mass is 10.4. The van der Waals surface area contributed by atoms with Gasteiger partial charge in [0, 0.05) is 10.5 Å². The Balaban J connectivity index is 2.37. The first-order valence-corrected chi connectivity index (χ1v) is 6.64. The summed E-state index contributed by atoms with van der Waals surface area (Å²) >= 11 is 3.19. The van der Waals surface area contributed by atoms with E-state index in [1.54, 1.807) is 18.2 Å². The van der Waals surface area contributed by atoms with Crippen LogP contribution in [0.4, 0.5) is 5.82 Å². The van der Waals surface area contributed by atoms with Crippen molar-refractivity contribution in [1.29, 1.82) is 0 Å². The molecule has 0 bridgehead atoms. The summed E-state index contributed by atoms with van der Waals surface area (Å²) in [5.74, 6) is 0.329. The predicted molar refractivity (Wildman–Crippen MR) is 63.5 cm³/mol. The van der Waals surface area contributed by atoms with Gasteiger partial charge in [-0.1, -0.05) is 12.1 Å².